The summed E-state index contributed by atoms with van der Waals surface area (Å²) < 4.78 is 34.3. The van der Waals surface area contributed by atoms with E-state index < -0.39 is 17.2 Å². The second-order valence-corrected chi connectivity index (χ2v) is 5.42. The molecular weight excluding hydrogens is 280 g/mol. The molecule has 2 aromatic rings. The minimum absolute atomic E-state index is 0.0747. The van der Waals surface area contributed by atoms with Gasteiger partial charge in [0.2, 0.25) is 0 Å². The van der Waals surface area contributed by atoms with Crippen LogP contribution in [0.4, 0.5) is 14.5 Å². The molecule has 21 heavy (non-hydrogen) atoms. The molecule has 6 nitrogen and oxygen atoms in total. The molecule has 3 rings (SSSR count). The minimum Gasteiger partial charge on any atom is -0.396 e. The van der Waals surface area contributed by atoms with Crippen molar-refractivity contribution in [1.82, 2.24) is 20.2 Å². The Labute approximate surface area is 119 Å². The molecule has 1 aliphatic rings. The Morgan fingerprint density at radius 1 is 1.33 bits per heavy atom. The third-order valence-corrected chi connectivity index (χ3v) is 3.73. The van der Waals surface area contributed by atoms with Crippen LogP contribution in [0.3, 0.4) is 0 Å². The maximum Gasteiger partial charge on any atom is 0.185 e. The maximum atomic E-state index is 14.0. The number of nitrogens with two attached hydrogens (primary N) is 1. The molecule has 0 radical (unpaired) electrons. The van der Waals surface area contributed by atoms with E-state index in [9.17, 15) is 8.78 Å². The van der Waals surface area contributed by atoms with Gasteiger partial charge in [-0.2, -0.15) is 0 Å². The zero-order chi connectivity index (χ0) is 15.0. The Bertz CT molecular complexity index is 667. The SMILES string of the molecule is CC1(n2nnnc2-c2cc(N)c(F)cc2F)CCCOC1. The van der Waals surface area contributed by atoms with Gasteiger partial charge in [-0.15, -0.1) is 5.10 Å². The van der Waals surface area contributed by atoms with E-state index in [1.807, 2.05) is 6.92 Å². The van der Waals surface area contributed by atoms with E-state index in [2.05, 4.69) is 15.5 Å². The first kappa shape index (κ1) is 13.9. The summed E-state index contributed by atoms with van der Waals surface area (Å²) in [6, 6.07) is 1.95. The van der Waals surface area contributed by atoms with Crippen molar-refractivity contribution in [2.24, 2.45) is 0 Å². The summed E-state index contributed by atoms with van der Waals surface area (Å²) in [5.74, 6) is -1.34. The summed E-state index contributed by atoms with van der Waals surface area (Å²) >= 11 is 0. The van der Waals surface area contributed by atoms with Gasteiger partial charge >= 0.3 is 0 Å². The number of anilines is 1. The molecule has 2 N–H and O–H groups in total. The molecule has 1 aromatic carbocycles. The quantitative estimate of drug-likeness (QED) is 0.854. The summed E-state index contributed by atoms with van der Waals surface area (Å²) in [4.78, 5) is 0. The van der Waals surface area contributed by atoms with Gasteiger partial charge in [-0.05, 0) is 36.3 Å². The lowest BCUT2D eigenvalue weighted by Crippen LogP contribution is -2.40. The first-order valence-electron chi connectivity index (χ1n) is 6.63. The monoisotopic (exact) mass is 295 g/mol. The molecule has 1 aliphatic heterocycles. The summed E-state index contributed by atoms with van der Waals surface area (Å²) in [5.41, 5.74) is 4.97. The molecule has 8 heteroatoms. The Morgan fingerprint density at radius 2 is 2.14 bits per heavy atom. The van der Waals surface area contributed by atoms with E-state index in [4.69, 9.17) is 10.5 Å². The van der Waals surface area contributed by atoms with Crippen molar-refractivity contribution in [3.63, 3.8) is 0 Å². The fourth-order valence-electron chi connectivity index (χ4n) is 2.54. The van der Waals surface area contributed by atoms with Gasteiger partial charge in [0.25, 0.3) is 0 Å². The maximum absolute atomic E-state index is 14.0. The van der Waals surface area contributed by atoms with Gasteiger partial charge in [-0.25, -0.2) is 13.5 Å². The highest BCUT2D eigenvalue weighted by atomic mass is 19.1. The number of hydrogen-bond acceptors (Lipinski definition) is 5. The number of ether oxygens (including phenoxy) is 1. The van der Waals surface area contributed by atoms with Crippen LogP contribution in [0, 0.1) is 11.6 Å². The first-order valence-corrected chi connectivity index (χ1v) is 6.63. The van der Waals surface area contributed by atoms with Gasteiger partial charge in [0, 0.05) is 12.7 Å². The number of hydrogen-bond donors (Lipinski definition) is 1. The van der Waals surface area contributed by atoms with Gasteiger partial charge in [0.1, 0.15) is 11.6 Å². The van der Waals surface area contributed by atoms with Crippen molar-refractivity contribution in [2.75, 3.05) is 18.9 Å². The van der Waals surface area contributed by atoms with Gasteiger partial charge in [-0.3, -0.25) is 0 Å². The highest BCUT2D eigenvalue weighted by molar-refractivity contribution is 5.62. The minimum atomic E-state index is -0.803. The van der Waals surface area contributed by atoms with Crippen molar-refractivity contribution in [2.45, 2.75) is 25.3 Å². The zero-order valence-electron chi connectivity index (χ0n) is 11.5. The smallest absolute Gasteiger partial charge is 0.185 e. The summed E-state index contributed by atoms with van der Waals surface area (Å²) in [6.07, 6.45) is 1.67. The third-order valence-electron chi connectivity index (χ3n) is 3.73. The van der Waals surface area contributed by atoms with Crippen LogP contribution in [0.2, 0.25) is 0 Å². The van der Waals surface area contributed by atoms with Crippen LogP contribution in [0.1, 0.15) is 19.8 Å². The molecule has 1 fully saturated rings. The zero-order valence-corrected chi connectivity index (χ0v) is 11.5. The highest BCUT2D eigenvalue weighted by Gasteiger charge is 2.34. The topological polar surface area (TPSA) is 78.9 Å². The molecule has 112 valence electrons. The largest absolute Gasteiger partial charge is 0.396 e. The fourth-order valence-corrected chi connectivity index (χ4v) is 2.54. The van der Waals surface area contributed by atoms with E-state index >= 15 is 0 Å². The fraction of sp³-hybridized carbons (Fsp3) is 0.462. The van der Waals surface area contributed by atoms with Crippen molar-refractivity contribution in [3.05, 3.63) is 23.8 Å². The van der Waals surface area contributed by atoms with Crippen LogP contribution in [0.15, 0.2) is 12.1 Å². The lowest BCUT2D eigenvalue weighted by Gasteiger charge is -2.33. The second-order valence-electron chi connectivity index (χ2n) is 5.42. The number of nitrogen functional groups attached to an aromatic ring is 1. The van der Waals surface area contributed by atoms with Crippen molar-refractivity contribution < 1.29 is 13.5 Å². The van der Waals surface area contributed by atoms with Gasteiger partial charge in [0.15, 0.2) is 5.82 Å². The average molecular weight is 295 g/mol. The molecule has 1 saturated heterocycles. The molecule has 0 aliphatic carbocycles. The predicted molar refractivity (Wildman–Crippen MR) is 71.3 cm³/mol. The predicted octanol–water partition coefficient (Wildman–Crippen LogP) is 1.73. The van der Waals surface area contributed by atoms with Gasteiger partial charge < -0.3 is 10.5 Å². The number of aromatic nitrogens is 4. The number of rotatable bonds is 2. The van der Waals surface area contributed by atoms with E-state index in [1.165, 1.54) is 10.7 Å². The Morgan fingerprint density at radius 3 is 2.86 bits per heavy atom. The van der Waals surface area contributed by atoms with Crippen LogP contribution in [0.25, 0.3) is 11.4 Å². The molecule has 1 aromatic heterocycles. The third kappa shape index (κ3) is 2.35. The van der Waals surface area contributed by atoms with Crippen LogP contribution in [-0.2, 0) is 10.3 Å². The van der Waals surface area contributed by atoms with Gasteiger partial charge in [0.05, 0.1) is 23.4 Å². The van der Waals surface area contributed by atoms with Crippen LogP contribution in [-0.4, -0.2) is 33.4 Å². The van der Waals surface area contributed by atoms with Crippen molar-refractivity contribution >= 4 is 5.69 Å². The molecule has 1 unspecified atom stereocenters. The molecule has 0 bridgehead atoms. The van der Waals surface area contributed by atoms with E-state index in [0.29, 0.717) is 13.2 Å². The summed E-state index contributed by atoms with van der Waals surface area (Å²) in [7, 11) is 0. The van der Waals surface area contributed by atoms with E-state index in [0.717, 1.165) is 18.9 Å². The lowest BCUT2D eigenvalue weighted by atomic mass is 9.94. The van der Waals surface area contributed by atoms with E-state index in [-0.39, 0.29) is 17.1 Å². The number of tetrazole rings is 1. The van der Waals surface area contributed by atoms with Crippen LogP contribution in [0.5, 0.6) is 0 Å². The molecular formula is C13H15F2N5O. The average Bonchev–Trinajstić information content (AvgIpc) is 2.93. The van der Waals surface area contributed by atoms with E-state index in [1.54, 1.807) is 0 Å². The first-order chi connectivity index (χ1) is 10.0. The molecule has 2 heterocycles. The Kier molecular flexibility index (Phi) is 3.32. The summed E-state index contributed by atoms with van der Waals surface area (Å²) in [5, 5.41) is 11.4. The lowest BCUT2D eigenvalue weighted by molar-refractivity contribution is 0.00345. The van der Waals surface area contributed by atoms with Gasteiger partial charge in [-0.1, -0.05) is 0 Å². The van der Waals surface area contributed by atoms with Crippen LogP contribution < -0.4 is 5.73 Å². The molecule has 1 atom stereocenters. The second kappa shape index (κ2) is 5.03. The van der Waals surface area contributed by atoms with Crippen LogP contribution >= 0.6 is 0 Å². The normalized spacial score (nSPS) is 22.4. The van der Waals surface area contributed by atoms with Crippen molar-refractivity contribution in [3.8, 4) is 11.4 Å². The summed E-state index contributed by atoms with van der Waals surface area (Å²) in [6.45, 7) is 3.06. The molecule has 0 amide bonds. The Hall–Kier alpha value is -2.09. The number of nitrogens with zero attached hydrogens (tertiary/aromatic N) is 4. The van der Waals surface area contributed by atoms with Crippen molar-refractivity contribution in [1.29, 1.82) is 0 Å². The standard InChI is InChI=1S/C13H15F2N5O/c1-13(3-2-4-21-7-13)20-12(17-18-19-20)8-5-11(16)10(15)6-9(8)14/h5-6H,2-4,7,16H2,1H3. The molecule has 0 spiro atoms. The Balaban J connectivity index is 2.09. The highest BCUT2D eigenvalue weighted by Crippen LogP contribution is 2.32. The molecule has 0 saturated carbocycles. The number of benzene rings is 1. The number of halogens is 2.